The highest BCUT2D eigenvalue weighted by atomic mass is 32.2. The summed E-state index contributed by atoms with van der Waals surface area (Å²) < 4.78 is 12.9. The molecule has 26 heavy (non-hydrogen) atoms. The molecule has 1 fully saturated rings. The minimum atomic E-state index is -0.225. The minimum absolute atomic E-state index is 0.203. The summed E-state index contributed by atoms with van der Waals surface area (Å²) in [4.78, 5) is 19.2. The van der Waals surface area contributed by atoms with Gasteiger partial charge in [0, 0.05) is 37.5 Å². The van der Waals surface area contributed by atoms with Gasteiger partial charge in [0.2, 0.25) is 5.91 Å². The number of benzene rings is 1. The molecule has 1 unspecified atom stereocenters. The van der Waals surface area contributed by atoms with E-state index in [9.17, 15) is 9.18 Å². The van der Waals surface area contributed by atoms with Crippen LogP contribution in [0.15, 0.2) is 34.2 Å². The van der Waals surface area contributed by atoms with Crippen LogP contribution in [0.2, 0.25) is 0 Å². The third kappa shape index (κ3) is 7.23. The fourth-order valence-electron chi connectivity index (χ4n) is 3.10. The van der Waals surface area contributed by atoms with Gasteiger partial charge in [-0.15, -0.1) is 11.8 Å². The van der Waals surface area contributed by atoms with E-state index in [0.717, 1.165) is 62.0 Å². The average molecular weight is 381 g/mol. The van der Waals surface area contributed by atoms with E-state index in [1.807, 2.05) is 0 Å². The van der Waals surface area contributed by atoms with Crippen LogP contribution >= 0.6 is 11.8 Å². The number of likely N-dealkylation sites (tertiary alicyclic amines) is 1. The molecule has 0 spiro atoms. The molecule has 1 amide bonds. The number of amides is 1. The van der Waals surface area contributed by atoms with Crippen LogP contribution in [0.25, 0.3) is 0 Å². The molecule has 1 aromatic carbocycles. The second-order valence-electron chi connectivity index (χ2n) is 6.52. The maximum absolute atomic E-state index is 12.9. The van der Waals surface area contributed by atoms with Crippen molar-refractivity contribution in [2.24, 2.45) is 16.6 Å². The SMILES string of the molecule is CCNC(=NCCCSc1ccc(F)cc1)N1CCCC(CC(N)=O)C1. The zero-order valence-corrected chi connectivity index (χ0v) is 16.2. The first-order valence-electron chi connectivity index (χ1n) is 9.28. The maximum atomic E-state index is 12.9. The zero-order chi connectivity index (χ0) is 18.8. The summed E-state index contributed by atoms with van der Waals surface area (Å²) in [6.45, 7) is 5.42. The predicted octanol–water partition coefficient (Wildman–Crippen LogP) is 2.86. The standard InChI is InChI=1S/C19H29FN4OS/c1-2-22-19(24-11-3-5-15(14-24)13-18(21)25)23-10-4-12-26-17-8-6-16(20)7-9-17/h6-9,15H,2-5,10-14H2,1H3,(H2,21,25)(H,22,23). The number of hydrogen-bond donors (Lipinski definition) is 2. The van der Waals surface area contributed by atoms with Gasteiger partial charge in [0.05, 0.1) is 0 Å². The zero-order valence-electron chi connectivity index (χ0n) is 15.4. The smallest absolute Gasteiger partial charge is 0.217 e. The van der Waals surface area contributed by atoms with E-state index in [4.69, 9.17) is 10.7 Å². The number of nitrogens with zero attached hydrogens (tertiary/aromatic N) is 2. The first-order valence-corrected chi connectivity index (χ1v) is 10.3. The summed E-state index contributed by atoms with van der Waals surface area (Å²) >= 11 is 1.72. The van der Waals surface area contributed by atoms with Gasteiger partial charge in [-0.25, -0.2) is 4.39 Å². The number of aliphatic imine (C=N–C) groups is 1. The lowest BCUT2D eigenvalue weighted by Crippen LogP contribution is -2.47. The number of primary amides is 1. The number of piperidine rings is 1. The molecule has 5 nitrogen and oxygen atoms in total. The minimum Gasteiger partial charge on any atom is -0.370 e. The Kier molecular flexibility index (Phi) is 8.74. The van der Waals surface area contributed by atoms with Gasteiger partial charge in [-0.1, -0.05) is 0 Å². The van der Waals surface area contributed by atoms with Crippen LogP contribution in [-0.4, -0.2) is 48.7 Å². The summed E-state index contributed by atoms with van der Waals surface area (Å²) in [7, 11) is 0. The summed E-state index contributed by atoms with van der Waals surface area (Å²) in [6.07, 6.45) is 3.51. The molecule has 1 heterocycles. The van der Waals surface area contributed by atoms with Crippen molar-refractivity contribution in [3.05, 3.63) is 30.1 Å². The average Bonchev–Trinajstić information content (AvgIpc) is 2.62. The van der Waals surface area contributed by atoms with Crippen LogP contribution in [0, 0.1) is 11.7 Å². The lowest BCUT2D eigenvalue weighted by Gasteiger charge is -2.34. The predicted molar refractivity (Wildman–Crippen MR) is 106 cm³/mol. The van der Waals surface area contributed by atoms with Crippen molar-refractivity contribution in [3.63, 3.8) is 0 Å². The van der Waals surface area contributed by atoms with Gasteiger partial charge in [-0.2, -0.15) is 0 Å². The second-order valence-corrected chi connectivity index (χ2v) is 7.68. The number of rotatable bonds is 8. The normalized spacial score (nSPS) is 18.0. The highest BCUT2D eigenvalue weighted by Gasteiger charge is 2.23. The number of nitrogens with one attached hydrogen (secondary N) is 1. The van der Waals surface area contributed by atoms with Crippen molar-refractivity contribution in [1.82, 2.24) is 10.2 Å². The van der Waals surface area contributed by atoms with E-state index in [1.165, 1.54) is 12.1 Å². The molecule has 144 valence electrons. The molecule has 1 aromatic rings. The summed E-state index contributed by atoms with van der Waals surface area (Å²) in [5, 5.41) is 3.35. The van der Waals surface area contributed by atoms with Crippen molar-refractivity contribution in [3.8, 4) is 0 Å². The van der Waals surface area contributed by atoms with Crippen LogP contribution < -0.4 is 11.1 Å². The number of nitrogens with two attached hydrogens (primary N) is 1. The molecule has 3 N–H and O–H groups in total. The highest BCUT2D eigenvalue weighted by Crippen LogP contribution is 2.20. The quantitative estimate of drug-likeness (QED) is 0.315. The van der Waals surface area contributed by atoms with E-state index < -0.39 is 0 Å². The monoisotopic (exact) mass is 380 g/mol. The Morgan fingerprint density at radius 2 is 2.19 bits per heavy atom. The van der Waals surface area contributed by atoms with Gasteiger partial charge in [0.25, 0.3) is 0 Å². The number of thioether (sulfide) groups is 1. The molecule has 7 heteroatoms. The van der Waals surface area contributed by atoms with Crippen LogP contribution in [0.3, 0.4) is 0 Å². The first kappa shape index (κ1) is 20.6. The largest absolute Gasteiger partial charge is 0.370 e. The number of hydrogen-bond acceptors (Lipinski definition) is 3. The summed E-state index contributed by atoms with van der Waals surface area (Å²) in [5.74, 6) is 1.76. The van der Waals surface area contributed by atoms with Crippen LogP contribution in [-0.2, 0) is 4.79 Å². The highest BCUT2D eigenvalue weighted by molar-refractivity contribution is 7.99. The fraction of sp³-hybridized carbons (Fsp3) is 0.579. The van der Waals surface area contributed by atoms with Crippen LogP contribution in [0.1, 0.15) is 32.6 Å². The van der Waals surface area contributed by atoms with E-state index in [0.29, 0.717) is 12.3 Å². The van der Waals surface area contributed by atoms with Gasteiger partial charge in [-0.3, -0.25) is 9.79 Å². The van der Waals surface area contributed by atoms with E-state index in [2.05, 4.69) is 17.1 Å². The summed E-state index contributed by atoms with van der Waals surface area (Å²) in [5.41, 5.74) is 5.35. The number of guanidine groups is 1. The number of carbonyl (C=O) groups is 1. The third-order valence-corrected chi connectivity index (χ3v) is 5.39. The molecule has 1 atom stereocenters. The van der Waals surface area contributed by atoms with Gasteiger partial charge < -0.3 is 16.0 Å². The summed E-state index contributed by atoms with van der Waals surface area (Å²) in [6, 6.07) is 6.59. The Balaban J connectivity index is 1.79. The molecule has 0 radical (unpaired) electrons. The lowest BCUT2D eigenvalue weighted by atomic mass is 9.95. The Bertz CT molecular complexity index is 594. The van der Waals surface area contributed by atoms with Crippen molar-refractivity contribution in [2.75, 3.05) is 31.9 Å². The van der Waals surface area contributed by atoms with E-state index in [1.54, 1.807) is 23.9 Å². The first-order chi connectivity index (χ1) is 12.6. The Hall–Kier alpha value is -1.76. The van der Waals surface area contributed by atoms with Gasteiger partial charge in [0.1, 0.15) is 5.82 Å². The number of carbonyl (C=O) groups excluding carboxylic acids is 1. The molecule has 1 saturated heterocycles. The Morgan fingerprint density at radius 1 is 1.42 bits per heavy atom. The topological polar surface area (TPSA) is 70.7 Å². The van der Waals surface area contributed by atoms with Crippen molar-refractivity contribution in [1.29, 1.82) is 0 Å². The molecule has 0 aromatic heterocycles. The Labute approximate surface area is 159 Å². The van der Waals surface area contributed by atoms with Crippen molar-refractivity contribution in [2.45, 2.75) is 37.5 Å². The van der Waals surface area contributed by atoms with Crippen LogP contribution in [0.5, 0.6) is 0 Å². The van der Waals surface area contributed by atoms with Crippen molar-refractivity contribution >= 4 is 23.6 Å². The third-order valence-electron chi connectivity index (χ3n) is 4.29. The molecule has 0 saturated carbocycles. The van der Waals surface area contributed by atoms with E-state index >= 15 is 0 Å². The van der Waals surface area contributed by atoms with Crippen LogP contribution in [0.4, 0.5) is 4.39 Å². The molecule has 2 rings (SSSR count). The molecule has 1 aliphatic rings. The number of halogens is 1. The second kappa shape index (κ2) is 11.1. The molecule has 0 bridgehead atoms. The van der Waals surface area contributed by atoms with Gasteiger partial charge in [0.15, 0.2) is 5.96 Å². The fourth-order valence-corrected chi connectivity index (χ4v) is 3.94. The molecular formula is C19H29FN4OS. The molecule has 0 aliphatic carbocycles. The Morgan fingerprint density at radius 3 is 2.88 bits per heavy atom. The lowest BCUT2D eigenvalue weighted by molar-refractivity contribution is -0.119. The molecular weight excluding hydrogens is 351 g/mol. The van der Waals surface area contributed by atoms with Gasteiger partial charge in [-0.05, 0) is 62.1 Å². The van der Waals surface area contributed by atoms with E-state index in [-0.39, 0.29) is 11.7 Å². The maximum Gasteiger partial charge on any atom is 0.217 e. The van der Waals surface area contributed by atoms with Crippen molar-refractivity contribution < 1.29 is 9.18 Å². The molecule has 1 aliphatic heterocycles. The van der Waals surface area contributed by atoms with Gasteiger partial charge >= 0.3 is 0 Å².